The van der Waals surface area contributed by atoms with Crippen molar-refractivity contribution in [1.29, 1.82) is 0 Å². The average Bonchev–Trinajstić information content (AvgIpc) is 2.81. The largest absolute Gasteiger partial charge is 0.350 e. The van der Waals surface area contributed by atoms with Crippen molar-refractivity contribution in [3.05, 3.63) is 107 Å². The van der Waals surface area contributed by atoms with E-state index in [9.17, 15) is 9.59 Å². The highest BCUT2D eigenvalue weighted by Crippen LogP contribution is 2.18. The van der Waals surface area contributed by atoms with Gasteiger partial charge in [0, 0.05) is 24.9 Å². The number of aryl methyl sites for hydroxylation is 2. The summed E-state index contributed by atoms with van der Waals surface area (Å²) in [7, 11) is 0. The number of benzene rings is 3. The Labute approximate surface area is 204 Å². The van der Waals surface area contributed by atoms with Crippen molar-refractivity contribution < 1.29 is 9.59 Å². The molecule has 0 fully saturated rings. The van der Waals surface area contributed by atoms with E-state index in [1.807, 2.05) is 113 Å². The van der Waals surface area contributed by atoms with E-state index in [0.717, 1.165) is 22.3 Å². The predicted molar refractivity (Wildman–Crippen MR) is 138 cm³/mol. The Morgan fingerprint density at radius 1 is 0.794 bits per heavy atom. The maximum atomic E-state index is 13.6. The molecule has 0 bridgehead atoms. The van der Waals surface area contributed by atoms with Gasteiger partial charge in [-0.1, -0.05) is 90.5 Å². The summed E-state index contributed by atoms with van der Waals surface area (Å²) in [6, 6.07) is 27.5. The van der Waals surface area contributed by atoms with Gasteiger partial charge in [-0.05, 0) is 50.8 Å². The van der Waals surface area contributed by atoms with E-state index in [0.29, 0.717) is 25.8 Å². The van der Waals surface area contributed by atoms with Crippen molar-refractivity contribution in [3.63, 3.8) is 0 Å². The average molecular weight is 457 g/mol. The molecule has 0 heterocycles. The number of nitrogens with one attached hydrogen (secondary N) is 1. The third-order valence-electron chi connectivity index (χ3n) is 5.71. The summed E-state index contributed by atoms with van der Waals surface area (Å²) in [5, 5.41) is 3.11. The Bertz CT molecular complexity index is 1050. The topological polar surface area (TPSA) is 49.4 Å². The van der Waals surface area contributed by atoms with Gasteiger partial charge < -0.3 is 10.2 Å². The second-order valence-electron chi connectivity index (χ2n) is 9.94. The summed E-state index contributed by atoms with van der Waals surface area (Å²) >= 11 is 0. The second-order valence-corrected chi connectivity index (χ2v) is 9.94. The van der Waals surface area contributed by atoms with Crippen LogP contribution in [0.4, 0.5) is 0 Å². The number of nitrogens with zero attached hydrogens (tertiary/aromatic N) is 1. The van der Waals surface area contributed by atoms with Crippen molar-refractivity contribution in [1.82, 2.24) is 10.2 Å². The Morgan fingerprint density at radius 3 is 1.91 bits per heavy atom. The van der Waals surface area contributed by atoms with Crippen LogP contribution in [0, 0.1) is 6.92 Å². The van der Waals surface area contributed by atoms with E-state index < -0.39 is 11.6 Å². The smallest absolute Gasteiger partial charge is 0.243 e. The quantitative estimate of drug-likeness (QED) is 0.463. The molecule has 1 N–H and O–H groups in total. The monoisotopic (exact) mass is 456 g/mol. The normalized spacial score (nSPS) is 12.1. The van der Waals surface area contributed by atoms with Crippen LogP contribution >= 0.6 is 0 Å². The molecule has 178 valence electrons. The van der Waals surface area contributed by atoms with Gasteiger partial charge in [0.15, 0.2) is 0 Å². The number of amides is 2. The Morgan fingerprint density at radius 2 is 1.35 bits per heavy atom. The van der Waals surface area contributed by atoms with Gasteiger partial charge in [0.25, 0.3) is 0 Å². The molecule has 3 rings (SSSR count). The molecule has 3 aromatic carbocycles. The van der Waals surface area contributed by atoms with E-state index in [4.69, 9.17) is 0 Å². The second kappa shape index (κ2) is 11.6. The molecule has 0 spiro atoms. The lowest BCUT2D eigenvalue weighted by Gasteiger charge is -2.34. The molecule has 0 saturated carbocycles. The Hall–Kier alpha value is -3.40. The van der Waals surface area contributed by atoms with Gasteiger partial charge in [-0.2, -0.15) is 0 Å². The van der Waals surface area contributed by atoms with Crippen LogP contribution in [-0.4, -0.2) is 28.3 Å². The molecule has 34 heavy (non-hydrogen) atoms. The maximum absolute atomic E-state index is 13.6. The van der Waals surface area contributed by atoms with E-state index in [-0.39, 0.29) is 11.8 Å². The molecule has 3 aromatic rings. The van der Waals surface area contributed by atoms with E-state index >= 15 is 0 Å². The molecule has 0 radical (unpaired) electrons. The number of hydrogen-bond acceptors (Lipinski definition) is 2. The number of hydrogen-bond donors (Lipinski definition) is 1. The molecular weight excluding hydrogens is 420 g/mol. The summed E-state index contributed by atoms with van der Waals surface area (Å²) in [6.45, 7) is 8.33. The van der Waals surface area contributed by atoms with Gasteiger partial charge in [-0.25, -0.2) is 0 Å². The molecule has 4 heteroatoms. The lowest BCUT2D eigenvalue weighted by Crippen LogP contribution is -2.54. The minimum absolute atomic E-state index is 0.0191. The Balaban J connectivity index is 1.91. The first-order valence-corrected chi connectivity index (χ1v) is 12.0. The predicted octanol–water partition coefficient (Wildman–Crippen LogP) is 5.48. The number of carbonyl (C=O) groups is 2. The highest BCUT2D eigenvalue weighted by molar-refractivity contribution is 5.88. The molecule has 0 aliphatic rings. The maximum Gasteiger partial charge on any atom is 0.243 e. The Kier molecular flexibility index (Phi) is 8.64. The highest BCUT2D eigenvalue weighted by Gasteiger charge is 2.32. The van der Waals surface area contributed by atoms with Gasteiger partial charge in [-0.3, -0.25) is 9.59 Å². The molecule has 4 nitrogen and oxygen atoms in total. The first-order valence-electron chi connectivity index (χ1n) is 12.0. The first kappa shape index (κ1) is 25.2. The fourth-order valence-corrected chi connectivity index (χ4v) is 3.94. The lowest BCUT2D eigenvalue weighted by atomic mass is 9.99. The van der Waals surface area contributed by atoms with Crippen LogP contribution in [0.15, 0.2) is 84.9 Å². The SMILES string of the molecule is Cc1ccc(CN(C(=O)CCc2ccccc2)[C@@H](Cc2ccccc2)C(=O)NC(C)(C)C)cc1. The van der Waals surface area contributed by atoms with E-state index in [1.165, 1.54) is 0 Å². The minimum Gasteiger partial charge on any atom is -0.350 e. The lowest BCUT2D eigenvalue weighted by molar-refractivity contribution is -0.141. The molecule has 2 amide bonds. The fraction of sp³-hybridized carbons (Fsp3) is 0.333. The van der Waals surface area contributed by atoms with Crippen molar-refractivity contribution >= 4 is 11.8 Å². The molecular formula is C30H36N2O2. The van der Waals surface area contributed by atoms with Crippen molar-refractivity contribution in [2.75, 3.05) is 0 Å². The summed E-state index contributed by atoms with van der Waals surface area (Å²) in [5.74, 6) is -0.147. The molecule has 0 aromatic heterocycles. The molecule has 0 aliphatic carbocycles. The van der Waals surface area contributed by atoms with Gasteiger partial charge in [0.1, 0.15) is 6.04 Å². The summed E-state index contributed by atoms with van der Waals surface area (Å²) in [5.41, 5.74) is 3.93. The van der Waals surface area contributed by atoms with Crippen LogP contribution in [-0.2, 0) is 29.0 Å². The van der Waals surface area contributed by atoms with Gasteiger partial charge in [0.05, 0.1) is 0 Å². The van der Waals surface area contributed by atoms with Crippen LogP contribution in [0.2, 0.25) is 0 Å². The van der Waals surface area contributed by atoms with Crippen molar-refractivity contribution in [2.45, 2.75) is 65.1 Å². The number of rotatable bonds is 9. The summed E-state index contributed by atoms with van der Waals surface area (Å²) < 4.78 is 0. The highest BCUT2D eigenvalue weighted by atomic mass is 16.2. The van der Waals surface area contributed by atoms with Crippen LogP contribution < -0.4 is 5.32 Å². The van der Waals surface area contributed by atoms with Crippen LogP contribution in [0.1, 0.15) is 49.4 Å². The van der Waals surface area contributed by atoms with Gasteiger partial charge in [0.2, 0.25) is 11.8 Å². The van der Waals surface area contributed by atoms with Crippen LogP contribution in [0.5, 0.6) is 0 Å². The van der Waals surface area contributed by atoms with Crippen molar-refractivity contribution in [3.8, 4) is 0 Å². The molecule has 0 saturated heterocycles. The fourth-order valence-electron chi connectivity index (χ4n) is 3.94. The van der Waals surface area contributed by atoms with E-state index in [1.54, 1.807) is 4.90 Å². The zero-order valence-electron chi connectivity index (χ0n) is 20.8. The van der Waals surface area contributed by atoms with E-state index in [2.05, 4.69) is 5.32 Å². The standard InChI is InChI=1S/C30H36N2O2/c1-23-15-17-26(18-16-23)22-32(28(33)20-19-24-11-7-5-8-12-24)27(29(34)31-30(2,3)4)21-25-13-9-6-10-14-25/h5-18,27H,19-22H2,1-4H3,(H,31,34)/t27-/m0/s1. The zero-order chi connectivity index (χ0) is 24.6. The van der Waals surface area contributed by atoms with Crippen LogP contribution in [0.25, 0.3) is 0 Å². The number of carbonyl (C=O) groups excluding carboxylic acids is 2. The first-order chi connectivity index (χ1) is 16.2. The van der Waals surface area contributed by atoms with Gasteiger partial charge >= 0.3 is 0 Å². The zero-order valence-corrected chi connectivity index (χ0v) is 20.8. The molecule has 1 atom stereocenters. The minimum atomic E-state index is -0.605. The summed E-state index contributed by atoms with van der Waals surface area (Å²) in [4.78, 5) is 28.9. The molecule has 0 unspecified atom stereocenters. The van der Waals surface area contributed by atoms with Crippen LogP contribution in [0.3, 0.4) is 0 Å². The third-order valence-corrected chi connectivity index (χ3v) is 5.71. The third kappa shape index (κ3) is 7.87. The van der Waals surface area contributed by atoms with Crippen molar-refractivity contribution in [2.24, 2.45) is 0 Å². The molecule has 0 aliphatic heterocycles. The summed E-state index contributed by atoms with van der Waals surface area (Å²) in [6.07, 6.45) is 1.46. The van der Waals surface area contributed by atoms with Gasteiger partial charge in [-0.15, -0.1) is 0 Å².